The molecule has 0 unspecified atom stereocenters. The highest BCUT2D eigenvalue weighted by Crippen LogP contribution is 2.41. The Kier molecular flexibility index (Phi) is 4.55. The van der Waals surface area contributed by atoms with Crippen LogP contribution < -0.4 is 10.9 Å². The fourth-order valence-electron chi connectivity index (χ4n) is 3.29. The van der Waals surface area contributed by atoms with Crippen molar-refractivity contribution in [3.05, 3.63) is 53.6 Å². The molecule has 0 fully saturated rings. The number of pyridine rings is 1. The van der Waals surface area contributed by atoms with Crippen LogP contribution in [0.15, 0.2) is 62.6 Å². The second kappa shape index (κ2) is 6.85. The highest BCUT2D eigenvalue weighted by atomic mass is 32.2. The molecule has 8 nitrogen and oxygen atoms in total. The minimum atomic E-state index is -4.98. The average molecular weight is 434 g/mol. The second-order valence-electron chi connectivity index (χ2n) is 6.39. The number of benzene rings is 2. The number of sulfonamides is 1. The van der Waals surface area contributed by atoms with E-state index in [2.05, 4.69) is 20.2 Å². The molecule has 1 aliphatic heterocycles. The topological polar surface area (TPSA) is 136 Å². The number of hydrogen-bond donors (Lipinski definition) is 2. The van der Waals surface area contributed by atoms with Gasteiger partial charge in [0.2, 0.25) is 10.0 Å². The van der Waals surface area contributed by atoms with E-state index in [0.29, 0.717) is 22.5 Å². The van der Waals surface area contributed by atoms with Gasteiger partial charge in [0.25, 0.3) is 0 Å². The van der Waals surface area contributed by atoms with Gasteiger partial charge in [0, 0.05) is 16.5 Å². The Morgan fingerprint density at radius 3 is 2.40 bits per heavy atom. The van der Waals surface area contributed by atoms with Gasteiger partial charge in [0.1, 0.15) is 10.7 Å². The summed E-state index contributed by atoms with van der Waals surface area (Å²) in [5.74, 6) is -0.0750. The van der Waals surface area contributed by atoms with E-state index < -0.39 is 26.7 Å². The van der Waals surface area contributed by atoms with Crippen LogP contribution in [0.3, 0.4) is 0 Å². The normalized spacial score (nSPS) is 14.3. The second-order valence-corrected chi connectivity index (χ2v) is 7.88. The number of fused-ring (bicyclic) bond motifs is 1. The number of rotatable bonds is 3. The van der Waals surface area contributed by atoms with E-state index in [1.54, 1.807) is 30.3 Å². The van der Waals surface area contributed by atoms with Crippen molar-refractivity contribution in [1.82, 2.24) is 4.98 Å². The molecule has 2 aromatic carbocycles. The molecule has 0 spiro atoms. The number of amidine groups is 1. The molecular formula is C18H13F3N6O2S. The van der Waals surface area contributed by atoms with Gasteiger partial charge in [-0.3, -0.25) is 0 Å². The van der Waals surface area contributed by atoms with Crippen LogP contribution in [0.1, 0.15) is 11.1 Å². The Labute approximate surface area is 168 Å². The number of hydrogen-bond acceptors (Lipinski definition) is 7. The molecule has 3 aromatic rings. The monoisotopic (exact) mass is 434 g/mol. The highest BCUT2D eigenvalue weighted by molar-refractivity contribution is 7.89. The van der Waals surface area contributed by atoms with E-state index in [-0.39, 0.29) is 29.4 Å². The van der Waals surface area contributed by atoms with E-state index in [1.165, 1.54) is 0 Å². The number of azo groups is 1. The van der Waals surface area contributed by atoms with Crippen LogP contribution in [0.25, 0.3) is 22.0 Å². The maximum atomic E-state index is 13.6. The molecule has 0 bridgehead atoms. The molecular weight excluding hydrogens is 421 g/mol. The number of anilines is 1. The number of alkyl halides is 3. The van der Waals surface area contributed by atoms with Crippen LogP contribution in [0, 0.1) is 0 Å². The van der Waals surface area contributed by atoms with E-state index in [1.807, 2.05) is 0 Å². The summed E-state index contributed by atoms with van der Waals surface area (Å²) in [6.45, 7) is -0.143. The van der Waals surface area contributed by atoms with Crippen LogP contribution in [0.2, 0.25) is 0 Å². The van der Waals surface area contributed by atoms with Crippen LogP contribution >= 0.6 is 0 Å². The zero-order chi connectivity index (χ0) is 21.7. The summed E-state index contributed by atoms with van der Waals surface area (Å²) in [5, 5.41) is 13.2. The smallest absolute Gasteiger partial charge is 0.384 e. The Hall–Kier alpha value is -3.38. The first-order valence-electron chi connectivity index (χ1n) is 8.42. The Bertz CT molecular complexity index is 1350. The number of nitrogen functional groups attached to an aromatic ring is 1. The minimum Gasteiger partial charge on any atom is -0.384 e. The van der Waals surface area contributed by atoms with Gasteiger partial charge in [-0.1, -0.05) is 24.3 Å². The van der Waals surface area contributed by atoms with Crippen molar-refractivity contribution in [2.75, 3.05) is 12.4 Å². The summed E-state index contributed by atoms with van der Waals surface area (Å²) >= 11 is 0. The summed E-state index contributed by atoms with van der Waals surface area (Å²) in [5.41, 5.74) is 4.80. The summed E-state index contributed by atoms with van der Waals surface area (Å²) < 4.78 is 65.5. The van der Waals surface area contributed by atoms with E-state index in [9.17, 15) is 21.6 Å². The molecule has 0 aliphatic carbocycles. The number of nitrogens with two attached hydrogens (primary N) is 2. The van der Waals surface area contributed by atoms with Crippen LogP contribution in [0.4, 0.5) is 19.0 Å². The number of nitrogens with zero attached hydrogens (tertiary/aromatic N) is 4. The van der Waals surface area contributed by atoms with E-state index in [4.69, 9.17) is 10.9 Å². The van der Waals surface area contributed by atoms with Crippen molar-refractivity contribution in [2.24, 2.45) is 20.4 Å². The first-order chi connectivity index (χ1) is 14.1. The van der Waals surface area contributed by atoms with Gasteiger partial charge in [-0.25, -0.2) is 23.5 Å². The summed E-state index contributed by atoms with van der Waals surface area (Å²) in [4.78, 5) is 7.08. The quantitative estimate of drug-likeness (QED) is 0.653. The number of primary sulfonamides is 1. The molecule has 1 aromatic heterocycles. The maximum absolute atomic E-state index is 13.6. The van der Waals surface area contributed by atoms with Gasteiger partial charge in [-0.15, -0.1) is 5.11 Å². The third-order valence-electron chi connectivity index (χ3n) is 4.45. The Morgan fingerprint density at radius 2 is 1.77 bits per heavy atom. The fourth-order valence-corrected chi connectivity index (χ4v) is 4.26. The summed E-state index contributed by atoms with van der Waals surface area (Å²) in [6, 6.07) is 10.1. The molecule has 0 atom stereocenters. The van der Waals surface area contributed by atoms with Crippen molar-refractivity contribution in [1.29, 1.82) is 0 Å². The van der Waals surface area contributed by atoms with Crippen molar-refractivity contribution in [2.45, 2.75) is 11.1 Å². The number of halogens is 3. The molecule has 0 amide bonds. The van der Waals surface area contributed by atoms with Crippen molar-refractivity contribution >= 4 is 32.6 Å². The fraction of sp³-hybridized carbons (Fsp3) is 0.111. The lowest BCUT2D eigenvalue weighted by atomic mass is 9.94. The molecule has 0 saturated heterocycles. The molecule has 0 radical (unpaired) electrons. The molecule has 4 N–H and O–H groups in total. The van der Waals surface area contributed by atoms with Gasteiger partial charge in [0.15, 0.2) is 12.5 Å². The molecule has 1 aliphatic rings. The lowest BCUT2D eigenvalue weighted by Crippen LogP contribution is -2.23. The average Bonchev–Trinajstić information content (AvgIpc) is 3.19. The van der Waals surface area contributed by atoms with E-state index in [0.717, 1.165) is 6.07 Å². The molecule has 154 valence electrons. The van der Waals surface area contributed by atoms with Crippen molar-refractivity contribution in [3.63, 3.8) is 0 Å². The zero-order valence-corrected chi connectivity index (χ0v) is 15.9. The lowest BCUT2D eigenvalue weighted by molar-refractivity contribution is -0.139. The van der Waals surface area contributed by atoms with Gasteiger partial charge >= 0.3 is 6.18 Å². The highest BCUT2D eigenvalue weighted by Gasteiger charge is 2.40. The Balaban J connectivity index is 2.18. The van der Waals surface area contributed by atoms with Crippen LogP contribution in [0.5, 0.6) is 0 Å². The largest absolute Gasteiger partial charge is 0.417 e. The summed E-state index contributed by atoms with van der Waals surface area (Å²) in [7, 11) is -4.82. The minimum absolute atomic E-state index is 0.107. The number of aliphatic imine (C=N–C) groups is 1. The molecule has 4 rings (SSSR count). The van der Waals surface area contributed by atoms with E-state index >= 15 is 0 Å². The van der Waals surface area contributed by atoms with Gasteiger partial charge in [-0.05, 0) is 23.8 Å². The maximum Gasteiger partial charge on any atom is 0.417 e. The van der Waals surface area contributed by atoms with Gasteiger partial charge in [0.05, 0.1) is 11.1 Å². The SMILES string of the molecule is Nc1ccc2cccc(-c3ccc(C(F)(F)F)c(S(N)(=O)=O)c3C3=NCN=N3)c2n1. The molecule has 30 heavy (non-hydrogen) atoms. The molecule has 2 heterocycles. The van der Waals surface area contributed by atoms with Gasteiger partial charge < -0.3 is 5.73 Å². The Morgan fingerprint density at radius 1 is 1.00 bits per heavy atom. The van der Waals surface area contributed by atoms with Gasteiger partial charge in [-0.2, -0.15) is 18.3 Å². The third-order valence-corrected chi connectivity index (χ3v) is 5.45. The van der Waals surface area contributed by atoms with Crippen LogP contribution in [-0.2, 0) is 16.2 Å². The number of aromatic nitrogens is 1. The lowest BCUT2D eigenvalue weighted by Gasteiger charge is -2.18. The zero-order valence-electron chi connectivity index (χ0n) is 15.1. The van der Waals surface area contributed by atoms with Crippen molar-refractivity contribution < 1.29 is 21.6 Å². The first kappa shape index (κ1) is 19.9. The first-order valence-corrected chi connectivity index (χ1v) is 9.97. The molecule has 12 heteroatoms. The predicted octanol–water partition coefficient (Wildman–Crippen LogP) is 3.32. The molecule has 0 saturated carbocycles. The standard InChI is InChI=1S/C18H13F3N6O2S/c19-18(20,21)12-6-5-10(11-3-1-2-9-4-7-13(22)26-15(9)11)14(16(12)30(23,28)29)17-24-8-25-27-17/h1-7H,8H2,(H2,22,26)(H2,23,28,29). The number of para-hydroxylation sites is 1. The predicted molar refractivity (Wildman–Crippen MR) is 104 cm³/mol. The third kappa shape index (κ3) is 3.39. The van der Waals surface area contributed by atoms with Crippen molar-refractivity contribution in [3.8, 4) is 11.1 Å². The van der Waals surface area contributed by atoms with Crippen LogP contribution in [-0.4, -0.2) is 25.9 Å². The summed E-state index contributed by atoms with van der Waals surface area (Å²) in [6.07, 6.45) is -4.98.